The Labute approximate surface area is 465 Å². The summed E-state index contributed by atoms with van der Waals surface area (Å²) < 4.78 is 31.3. The highest BCUT2D eigenvalue weighted by molar-refractivity contribution is 5.67. The summed E-state index contributed by atoms with van der Waals surface area (Å²) in [5.41, 5.74) is -3.44. The first kappa shape index (κ1) is 54.5. The van der Waals surface area contributed by atoms with E-state index in [1.54, 1.807) is 0 Å². The standard InChI is InChI=1S/C69H64O11/c70-46-57-59(72)61(74)62(75)64(77-57)79-68(63(76)60(73)58(47-71)78-68)69(65(48-28-10-1-11-29-48,49-30-12-2-13-31-49)50-32-14-3-15-33-50,66(51-34-16-4-17-35-51,52-36-18-5-19-37-52)53-38-20-6-21-39-53)80-67(54-40-22-7-23-41-54,55-42-24-8-25-43-55)56-44-26-9-27-45-56/h1-45,57-64,70-76H,46-47H2/t57-,58-,59-,60-,61+,62-,63+,64-,68-/m1/s1. The van der Waals surface area contributed by atoms with Crippen LogP contribution in [-0.2, 0) is 35.4 Å². The van der Waals surface area contributed by atoms with E-state index < -0.39 is 90.1 Å². The quantitative estimate of drug-likeness (QED) is 0.0411. The van der Waals surface area contributed by atoms with Gasteiger partial charge in [0.2, 0.25) is 5.79 Å². The zero-order valence-electron chi connectivity index (χ0n) is 43.8. The van der Waals surface area contributed by atoms with E-state index in [-0.39, 0.29) is 0 Å². The number of aliphatic hydroxyl groups excluding tert-OH is 7. The smallest absolute Gasteiger partial charge is 0.233 e. The Bertz CT molecular complexity index is 2950. The molecule has 2 saturated heterocycles. The van der Waals surface area contributed by atoms with E-state index in [0.29, 0.717) is 50.1 Å². The summed E-state index contributed by atoms with van der Waals surface area (Å²) in [6, 6.07) is 87.2. The summed E-state index contributed by atoms with van der Waals surface area (Å²) in [6.07, 6.45) is -15.6. The molecule has 11 rings (SSSR count). The van der Waals surface area contributed by atoms with Crippen molar-refractivity contribution >= 4 is 0 Å². The summed E-state index contributed by atoms with van der Waals surface area (Å²) in [7, 11) is 0. The average molecular weight is 1070 g/mol. The van der Waals surface area contributed by atoms with Crippen molar-refractivity contribution in [2.24, 2.45) is 0 Å². The molecule has 2 fully saturated rings. The van der Waals surface area contributed by atoms with Crippen molar-refractivity contribution in [2.75, 3.05) is 13.2 Å². The van der Waals surface area contributed by atoms with E-state index >= 15 is 0 Å². The minimum Gasteiger partial charge on any atom is -0.394 e. The molecule has 0 spiro atoms. The van der Waals surface area contributed by atoms with E-state index in [1.807, 2.05) is 273 Å². The maximum Gasteiger partial charge on any atom is 0.233 e. The first-order chi connectivity index (χ1) is 39.1. The van der Waals surface area contributed by atoms with Crippen LogP contribution in [0.4, 0.5) is 0 Å². The van der Waals surface area contributed by atoms with Crippen molar-refractivity contribution in [3.8, 4) is 0 Å². The number of ether oxygens (including phenoxy) is 4. The van der Waals surface area contributed by atoms with Crippen LogP contribution in [0, 0.1) is 0 Å². The third kappa shape index (κ3) is 8.57. The molecule has 0 aromatic heterocycles. The molecule has 0 saturated carbocycles. The van der Waals surface area contributed by atoms with E-state index in [2.05, 4.69) is 0 Å². The zero-order valence-corrected chi connectivity index (χ0v) is 43.8. The molecule has 11 heteroatoms. The molecule has 0 bridgehead atoms. The van der Waals surface area contributed by atoms with Crippen LogP contribution in [0.15, 0.2) is 273 Å². The van der Waals surface area contributed by atoms with Crippen molar-refractivity contribution in [1.29, 1.82) is 0 Å². The van der Waals surface area contributed by atoms with Gasteiger partial charge in [0.25, 0.3) is 0 Å². The van der Waals surface area contributed by atoms with Crippen LogP contribution in [-0.4, -0.2) is 109 Å². The van der Waals surface area contributed by atoms with Crippen LogP contribution < -0.4 is 0 Å². The Kier molecular flexibility index (Phi) is 15.6. The van der Waals surface area contributed by atoms with Gasteiger partial charge in [-0.25, -0.2) is 0 Å². The first-order valence-corrected chi connectivity index (χ1v) is 27.0. The van der Waals surface area contributed by atoms with Crippen molar-refractivity contribution < 1.29 is 54.7 Å². The third-order valence-electron chi connectivity index (χ3n) is 16.4. The van der Waals surface area contributed by atoms with Crippen molar-refractivity contribution in [3.05, 3.63) is 323 Å². The molecule has 0 amide bonds. The predicted octanol–water partition coefficient (Wildman–Crippen LogP) is 8.43. The summed E-state index contributed by atoms with van der Waals surface area (Å²) in [4.78, 5) is 0. The van der Waals surface area contributed by atoms with E-state index in [9.17, 15) is 40.5 Å². The molecular weight excluding hydrogens is 1000 g/mol. The molecule has 406 valence electrons. The summed E-state index contributed by atoms with van der Waals surface area (Å²) in [5.74, 6) is -3.04. The molecule has 0 aliphatic carbocycles. The number of rotatable bonds is 18. The fraction of sp³-hybridized carbons (Fsp3) is 0.217. The second kappa shape index (κ2) is 23.0. The fourth-order valence-electron chi connectivity index (χ4n) is 13.0. The lowest BCUT2D eigenvalue weighted by molar-refractivity contribution is -0.437. The second-order valence-corrected chi connectivity index (χ2v) is 20.5. The minimum absolute atomic E-state index is 0.558. The number of benzene rings is 9. The van der Waals surface area contributed by atoms with E-state index in [0.717, 1.165) is 0 Å². The predicted molar refractivity (Wildman–Crippen MR) is 303 cm³/mol. The Balaban J connectivity index is 1.53. The molecule has 7 N–H and O–H groups in total. The Morgan fingerprint density at radius 2 is 0.613 bits per heavy atom. The van der Waals surface area contributed by atoms with Gasteiger partial charge in [0, 0.05) is 0 Å². The number of aliphatic hydroxyl groups is 7. The molecule has 80 heavy (non-hydrogen) atoms. The maximum absolute atomic E-state index is 14.4. The summed E-state index contributed by atoms with van der Waals surface area (Å²) >= 11 is 0. The van der Waals surface area contributed by atoms with Gasteiger partial charge in [0.05, 0.1) is 24.0 Å². The lowest BCUT2D eigenvalue weighted by Crippen LogP contribution is -2.83. The monoisotopic (exact) mass is 1070 g/mol. The lowest BCUT2D eigenvalue weighted by atomic mass is 9.43. The van der Waals surface area contributed by atoms with Gasteiger partial charge in [0.1, 0.15) is 48.3 Å². The van der Waals surface area contributed by atoms with E-state index in [1.165, 1.54) is 0 Å². The highest BCUT2D eigenvalue weighted by Gasteiger charge is 2.84. The second-order valence-electron chi connectivity index (χ2n) is 20.5. The minimum atomic E-state index is -3.04. The lowest BCUT2D eigenvalue weighted by Gasteiger charge is -2.68. The van der Waals surface area contributed by atoms with Gasteiger partial charge in [-0.15, -0.1) is 0 Å². The molecule has 2 aliphatic rings. The van der Waals surface area contributed by atoms with Crippen LogP contribution in [0.2, 0.25) is 0 Å². The maximum atomic E-state index is 14.4. The van der Waals surface area contributed by atoms with Gasteiger partial charge in [-0.2, -0.15) is 0 Å². The molecule has 2 aliphatic heterocycles. The highest BCUT2D eigenvalue weighted by atomic mass is 16.8. The van der Waals surface area contributed by atoms with Crippen molar-refractivity contribution in [1.82, 2.24) is 0 Å². The SMILES string of the molecule is OC[C@H]1O[C@](O[C@H]2O[C@H](CO)[C@@H](O)[C@H](O)[C@H]2O)(C(OC(c2ccccc2)(c2ccccc2)c2ccccc2)(C(c2ccccc2)(c2ccccc2)c2ccccc2)C(c2ccccc2)(c2ccccc2)c2ccccc2)[C@@H](O)[C@@H]1O. The van der Waals surface area contributed by atoms with Crippen LogP contribution in [0.25, 0.3) is 0 Å². The largest absolute Gasteiger partial charge is 0.394 e. The van der Waals surface area contributed by atoms with Gasteiger partial charge in [0.15, 0.2) is 11.9 Å². The van der Waals surface area contributed by atoms with Gasteiger partial charge < -0.3 is 54.7 Å². The van der Waals surface area contributed by atoms with E-state index in [4.69, 9.17) is 14.2 Å². The molecule has 11 nitrogen and oxygen atoms in total. The van der Waals surface area contributed by atoms with Gasteiger partial charge in [-0.05, 0) is 50.1 Å². The topological polar surface area (TPSA) is 179 Å². The molecule has 9 aromatic carbocycles. The summed E-state index contributed by atoms with van der Waals surface area (Å²) in [6.45, 7) is -1.72. The highest BCUT2D eigenvalue weighted by Crippen LogP contribution is 2.71. The fourth-order valence-corrected chi connectivity index (χ4v) is 13.0. The van der Waals surface area contributed by atoms with Crippen LogP contribution >= 0.6 is 0 Å². The van der Waals surface area contributed by atoms with Crippen molar-refractivity contribution in [3.63, 3.8) is 0 Å². The molecule has 9 aromatic rings. The molecule has 2 heterocycles. The van der Waals surface area contributed by atoms with Crippen LogP contribution in [0.3, 0.4) is 0 Å². The third-order valence-corrected chi connectivity index (χ3v) is 16.4. The molecule has 9 atom stereocenters. The molecule has 0 unspecified atom stereocenters. The first-order valence-electron chi connectivity index (χ1n) is 27.0. The Morgan fingerprint density at radius 3 is 0.875 bits per heavy atom. The molecule has 0 radical (unpaired) electrons. The average Bonchev–Trinajstić information content (AvgIpc) is 2.16. The summed E-state index contributed by atoms with van der Waals surface area (Å²) in [5, 5.41) is 86.2. The van der Waals surface area contributed by atoms with Crippen LogP contribution in [0.1, 0.15) is 50.1 Å². The number of hydrogen-bond donors (Lipinski definition) is 7. The molecular formula is C69H64O11. The zero-order chi connectivity index (χ0) is 55.4. The Hall–Kier alpha value is -7.46. The van der Waals surface area contributed by atoms with Gasteiger partial charge >= 0.3 is 0 Å². The van der Waals surface area contributed by atoms with Gasteiger partial charge in [-0.1, -0.05) is 273 Å². The normalized spacial score (nSPS) is 23.6. The van der Waals surface area contributed by atoms with Crippen molar-refractivity contribution in [2.45, 2.75) is 76.8 Å². The van der Waals surface area contributed by atoms with Crippen LogP contribution in [0.5, 0.6) is 0 Å². The Morgan fingerprint density at radius 1 is 0.338 bits per heavy atom. The number of hydrogen-bond acceptors (Lipinski definition) is 11. The van der Waals surface area contributed by atoms with Gasteiger partial charge in [-0.3, -0.25) is 0 Å².